The number of hydrogen-bond donors (Lipinski definition) is 0. The van der Waals surface area contributed by atoms with E-state index in [0.717, 1.165) is 17.1 Å². The lowest BCUT2D eigenvalue weighted by Crippen LogP contribution is -2.09. The van der Waals surface area contributed by atoms with Crippen molar-refractivity contribution in [2.24, 2.45) is 11.8 Å². The molecule has 74 valence electrons. The minimum absolute atomic E-state index is 0.861. The molecular weight excluding hydrogens is 164 g/mol. The first-order chi connectivity index (χ1) is 5.60. The van der Waals surface area contributed by atoms with Crippen molar-refractivity contribution in [3.05, 3.63) is 0 Å². The van der Waals surface area contributed by atoms with Gasteiger partial charge in [-0.25, -0.2) is 0 Å². The van der Waals surface area contributed by atoms with Gasteiger partial charge in [-0.05, 0) is 37.4 Å². The number of rotatable bonds is 6. The Morgan fingerprint density at radius 1 is 1.08 bits per heavy atom. The molecule has 0 aromatic carbocycles. The molecule has 0 N–H and O–H groups in total. The van der Waals surface area contributed by atoms with E-state index in [1.165, 1.54) is 19.3 Å². The van der Waals surface area contributed by atoms with E-state index in [1.54, 1.807) is 0 Å². The lowest BCUT2D eigenvalue weighted by Gasteiger charge is -2.19. The first-order valence-corrected chi connectivity index (χ1v) is 6.41. The molecule has 0 radical (unpaired) electrons. The van der Waals surface area contributed by atoms with Gasteiger partial charge in [0.1, 0.15) is 0 Å². The molecule has 0 aliphatic heterocycles. The van der Waals surface area contributed by atoms with Crippen LogP contribution in [0.2, 0.25) is 0 Å². The fourth-order valence-electron chi connectivity index (χ4n) is 1.78. The third-order valence-electron chi connectivity index (χ3n) is 2.33. The quantitative estimate of drug-likeness (QED) is 0.602. The highest BCUT2D eigenvalue weighted by Crippen LogP contribution is 2.23. The summed E-state index contributed by atoms with van der Waals surface area (Å²) >= 11 is 2.03. The van der Waals surface area contributed by atoms with Gasteiger partial charge in [-0.2, -0.15) is 11.8 Å². The zero-order valence-corrected chi connectivity index (χ0v) is 10.1. The lowest BCUT2D eigenvalue weighted by atomic mass is 9.94. The molecule has 2 atom stereocenters. The third-order valence-corrected chi connectivity index (χ3v) is 3.52. The highest BCUT2D eigenvalue weighted by Gasteiger charge is 2.11. The molecule has 1 heteroatoms. The van der Waals surface area contributed by atoms with Crippen LogP contribution in [0.4, 0.5) is 0 Å². The molecule has 0 saturated heterocycles. The second-order valence-electron chi connectivity index (χ2n) is 4.24. The van der Waals surface area contributed by atoms with Gasteiger partial charge in [0.25, 0.3) is 0 Å². The molecule has 0 heterocycles. The van der Waals surface area contributed by atoms with E-state index in [0.29, 0.717) is 0 Å². The van der Waals surface area contributed by atoms with Gasteiger partial charge in [-0.3, -0.25) is 0 Å². The summed E-state index contributed by atoms with van der Waals surface area (Å²) in [7, 11) is 0. The number of thioether (sulfide) groups is 1. The minimum Gasteiger partial charge on any atom is -0.162 e. The van der Waals surface area contributed by atoms with Crippen LogP contribution in [-0.2, 0) is 0 Å². The summed E-state index contributed by atoms with van der Waals surface area (Å²) in [5, 5.41) is 0.888. The Balaban J connectivity index is 3.58. The van der Waals surface area contributed by atoms with E-state index in [9.17, 15) is 0 Å². The summed E-state index contributed by atoms with van der Waals surface area (Å²) in [5.41, 5.74) is 0. The molecule has 0 aromatic heterocycles. The molecule has 0 amide bonds. The first-order valence-electron chi connectivity index (χ1n) is 5.12. The summed E-state index contributed by atoms with van der Waals surface area (Å²) in [6, 6.07) is 0. The second-order valence-corrected chi connectivity index (χ2v) is 5.37. The maximum atomic E-state index is 2.39. The van der Waals surface area contributed by atoms with Crippen LogP contribution in [0, 0.1) is 11.8 Å². The van der Waals surface area contributed by atoms with E-state index in [-0.39, 0.29) is 0 Å². The zero-order chi connectivity index (χ0) is 9.56. The molecule has 0 aromatic rings. The maximum Gasteiger partial charge on any atom is 0.00441 e. The molecular formula is C11H24S. The highest BCUT2D eigenvalue weighted by atomic mass is 32.2. The normalized spacial score (nSPS) is 16.5. The molecule has 0 aliphatic carbocycles. The highest BCUT2D eigenvalue weighted by molar-refractivity contribution is 7.99. The fourth-order valence-corrected chi connectivity index (χ4v) is 2.63. The van der Waals surface area contributed by atoms with Crippen molar-refractivity contribution in [2.75, 3.05) is 6.26 Å². The van der Waals surface area contributed by atoms with Gasteiger partial charge in [0.15, 0.2) is 0 Å². The van der Waals surface area contributed by atoms with Gasteiger partial charge in [-0.15, -0.1) is 0 Å². The monoisotopic (exact) mass is 188 g/mol. The molecule has 0 bridgehead atoms. The van der Waals surface area contributed by atoms with E-state index in [4.69, 9.17) is 0 Å². The van der Waals surface area contributed by atoms with Crippen LogP contribution in [0.5, 0.6) is 0 Å². The van der Waals surface area contributed by atoms with Gasteiger partial charge in [0.2, 0.25) is 0 Å². The predicted octanol–water partition coefficient (Wildman–Crippen LogP) is 4.20. The van der Waals surface area contributed by atoms with Gasteiger partial charge in [-0.1, -0.05) is 27.7 Å². The van der Waals surface area contributed by atoms with Crippen molar-refractivity contribution in [1.82, 2.24) is 0 Å². The van der Waals surface area contributed by atoms with E-state index < -0.39 is 0 Å². The smallest absolute Gasteiger partial charge is 0.00441 e. The summed E-state index contributed by atoms with van der Waals surface area (Å²) in [6.07, 6.45) is 6.34. The topological polar surface area (TPSA) is 0 Å². The third kappa shape index (κ3) is 5.93. The van der Waals surface area contributed by atoms with Crippen molar-refractivity contribution < 1.29 is 0 Å². The van der Waals surface area contributed by atoms with Crippen LogP contribution < -0.4 is 0 Å². The molecule has 0 spiro atoms. The fraction of sp³-hybridized carbons (Fsp3) is 1.00. The molecule has 2 unspecified atom stereocenters. The van der Waals surface area contributed by atoms with Crippen molar-refractivity contribution in [3.63, 3.8) is 0 Å². The number of hydrogen-bond acceptors (Lipinski definition) is 1. The first kappa shape index (κ1) is 12.3. The van der Waals surface area contributed by atoms with Gasteiger partial charge in [0, 0.05) is 5.25 Å². The van der Waals surface area contributed by atoms with Crippen molar-refractivity contribution in [1.29, 1.82) is 0 Å². The summed E-state index contributed by atoms with van der Waals surface area (Å²) in [4.78, 5) is 0. The predicted molar refractivity (Wildman–Crippen MR) is 60.8 cm³/mol. The summed E-state index contributed by atoms with van der Waals surface area (Å²) in [6.45, 7) is 9.31. The van der Waals surface area contributed by atoms with Crippen molar-refractivity contribution in [2.45, 2.75) is 52.2 Å². The zero-order valence-electron chi connectivity index (χ0n) is 9.26. The van der Waals surface area contributed by atoms with Crippen LogP contribution in [-0.4, -0.2) is 11.5 Å². The molecule has 0 nitrogen and oxygen atoms in total. The van der Waals surface area contributed by atoms with Crippen LogP contribution in [0.1, 0.15) is 47.0 Å². The summed E-state index contributed by atoms with van der Waals surface area (Å²) < 4.78 is 0. The van der Waals surface area contributed by atoms with Crippen LogP contribution in [0.25, 0.3) is 0 Å². The average molecular weight is 188 g/mol. The molecule has 0 fully saturated rings. The van der Waals surface area contributed by atoms with Crippen LogP contribution in [0.15, 0.2) is 0 Å². The SMILES string of the molecule is CCC(CC(C)CC(C)C)SC. The van der Waals surface area contributed by atoms with E-state index >= 15 is 0 Å². The van der Waals surface area contributed by atoms with E-state index in [1.807, 2.05) is 11.8 Å². The van der Waals surface area contributed by atoms with Gasteiger partial charge < -0.3 is 0 Å². The Morgan fingerprint density at radius 3 is 2.00 bits per heavy atom. The Hall–Kier alpha value is 0.350. The van der Waals surface area contributed by atoms with Crippen LogP contribution >= 0.6 is 11.8 Å². The minimum atomic E-state index is 0.861. The largest absolute Gasteiger partial charge is 0.162 e. The van der Waals surface area contributed by atoms with Gasteiger partial charge >= 0.3 is 0 Å². The molecule has 12 heavy (non-hydrogen) atoms. The Kier molecular flexibility index (Phi) is 7.02. The van der Waals surface area contributed by atoms with Crippen molar-refractivity contribution in [3.8, 4) is 0 Å². The second kappa shape index (κ2) is 6.82. The Morgan fingerprint density at radius 2 is 1.67 bits per heavy atom. The molecule has 0 saturated carbocycles. The molecule has 0 aliphatic rings. The Labute approximate surface area is 82.5 Å². The van der Waals surface area contributed by atoms with E-state index in [2.05, 4.69) is 34.0 Å². The maximum absolute atomic E-state index is 2.39. The molecule has 0 rings (SSSR count). The Bertz CT molecular complexity index is 95.2. The summed E-state index contributed by atoms with van der Waals surface area (Å²) in [5.74, 6) is 1.77. The van der Waals surface area contributed by atoms with Crippen LogP contribution in [0.3, 0.4) is 0 Å². The van der Waals surface area contributed by atoms with Crippen molar-refractivity contribution >= 4 is 11.8 Å². The standard InChI is InChI=1S/C11H24S/c1-6-11(12-5)8-10(4)7-9(2)3/h9-11H,6-8H2,1-5H3. The average Bonchev–Trinajstić information content (AvgIpc) is 1.98. The van der Waals surface area contributed by atoms with Gasteiger partial charge in [0.05, 0.1) is 0 Å². The lowest BCUT2D eigenvalue weighted by molar-refractivity contribution is 0.409.